The first-order chi connectivity index (χ1) is 16.9. The van der Waals surface area contributed by atoms with Gasteiger partial charge in [0, 0.05) is 46.8 Å². The van der Waals surface area contributed by atoms with Crippen molar-refractivity contribution in [3.05, 3.63) is 48.7 Å². The van der Waals surface area contributed by atoms with Crippen molar-refractivity contribution >= 4 is 40.2 Å². The predicted octanol–water partition coefficient (Wildman–Crippen LogP) is 4.03. The molecular formula is C26H31N3O5S. The first kappa shape index (κ1) is 24.9. The summed E-state index contributed by atoms with van der Waals surface area (Å²) in [7, 11) is 3.12. The van der Waals surface area contributed by atoms with E-state index in [2.05, 4.69) is 5.32 Å². The van der Waals surface area contributed by atoms with Gasteiger partial charge in [-0.25, -0.2) is 0 Å². The molecular weight excluding hydrogens is 466 g/mol. The van der Waals surface area contributed by atoms with E-state index in [4.69, 9.17) is 14.2 Å². The molecule has 8 nitrogen and oxygen atoms in total. The summed E-state index contributed by atoms with van der Waals surface area (Å²) in [4.78, 5) is 28.5. The number of amides is 2. The molecule has 0 spiro atoms. The quantitative estimate of drug-likeness (QED) is 0.474. The Hall–Kier alpha value is -3.17. The Morgan fingerprint density at radius 3 is 2.49 bits per heavy atom. The number of carbonyl (C=O) groups excluding carboxylic acids is 2. The predicted molar refractivity (Wildman–Crippen MR) is 137 cm³/mol. The highest BCUT2D eigenvalue weighted by Crippen LogP contribution is 2.32. The van der Waals surface area contributed by atoms with Crippen molar-refractivity contribution in [1.29, 1.82) is 0 Å². The number of benzene rings is 2. The van der Waals surface area contributed by atoms with E-state index < -0.39 is 0 Å². The van der Waals surface area contributed by atoms with Crippen molar-refractivity contribution in [2.45, 2.75) is 37.5 Å². The van der Waals surface area contributed by atoms with Gasteiger partial charge in [-0.05, 0) is 32.0 Å². The second-order valence-electron chi connectivity index (χ2n) is 8.60. The summed E-state index contributed by atoms with van der Waals surface area (Å²) < 4.78 is 18.3. The molecule has 35 heavy (non-hydrogen) atoms. The largest absolute Gasteiger partial charge is 0.493 e. The fraction of sp³-hybridized carbons (Fsp3) is 0.385. The first-order valence-corrected chi connectivity index (χ1v) is 12.5. The minimum atomic E-state index is -0.133. The monoisotopic (exact) mass is 497 g/mol. The van der Waals surface area contributed by atoms with Crippen LogP contribution in [-0.4, -0.2) is 66.6 Å². The number of aromatic nitrogens is 1. The van der Waals surface area contributed by atoms with Gasteiger partial charge in [0.1, 0.15) is 6.54 Å². The van der Waals surface area contributed by atoms with Crippen molar-refractivity contribution < 1.29 is 23.8 Å². The van der Waals surface area contributed by atoms with Crippen molar-refractivity contribution in [3.8, 4) is 11.5 Å². The number of fused-ring (bicyclic) bond motifs is 1. The van der Waals surface area contributed by atoms with Gasteiger partial charge >= 0.3 is 0 Å². The molecule has 0 bridgehead atoms. The lowest BCUT2D eigenvalue weighted by atomic mass is 10.2. The Morgan fingerprint density at radius 2 is 1.77 bits per heavy atom. The molecule has 0 radical (unpaired) electrons. The van der Waals surface area contributed by atoms with Gasteiger partial charge in [0.25, 0.3) is 0 Å². The molecule has 3 aromatic rings. The maximum absolute atomic E-state index is 13.0. The molecule has 0 saturated carbocycles. The summed E-state index contributed by atoms with van der Waals surface area (Å²) in [5.41, 5.74) is 1.60. The fourth-order valence-corrected chi connectivity index (χ4v) is 5.23. The zero-order chi connectivity index (χ0) is 24.9. The smallest absolute Gasteiger partial charge is 0.242 e. The molecule has 186 valence electrons. The van der Waals surface area contributed by atoms with E-state index in [1.165, 1.54) is 11.8 Å². The molecule has 1 aromatic heterocycles. The summed E-state index contributed by atoms with van der Waals surface area (Å²) in [6.07, 6.45) is 2.02. The van der Waals surface area contributed by atoms with Crippen molar-refractivity contribution in [3.63, 3.8) is 0 Å². The summed E-state index contributed by atoms with van der Waals surface area (Å²) >= 11 is 1.45. The molecule has 1 N–H and O–H groups in total. The van der Waals surface area contributed by atoms with Crippen LogP contribution in [0.4, 0.5) is 5.69 Å². The van der Waals surface area contributed by atoms with Crippen LogP contribution >= 0.6 is 11.8 Å². The second-order valence-corrected chi connectivity index (χ2v) is 9.62. The average molecular weight is 498 g/mol. The molecule has 1 aliphatic rings. The van der Waals surface area contributed by atoms with Gasteiger partial charge in [0.15, 0.2) is 11.5 Å². The molecule has 2 unspecified atom stereocenters. The molecule has 4 rings (SSSR count). The normalized spacial score (nSPS) is 17.9. The Balaban J connectivity index is 1.44. The van der Waals surface area contributed by atoms with Gasteiger partial charge in [-0.3, -0.25) is 9.59 Å². The minimum absolute atomic E-state index is 0.0272. The van der Waals surface area contributed by atoms with Crippen LogP contribution < -0.4 is 14.8 Å². The van der Waals surface area contributed by atoms with Gasteiger partial charge in [-0.1, -0.05) is 18.2 Å². The average Bonchev–Trinajstić information content (AvgIpc) is 3.19. The highest BCUT2D eigenvalue weighted by molar-refractivity contribution is 8.00. The minimum Gasteiger partial charge on any atom is -0.493 e. The van der Waals surface area contributed by atoms with E-state index in [-0.39, 0.29) is 36.3 Å². The van der Waals surface area contributed by atoms with Crippen LogP contribution in [0.1, 0.15) is 13.8 Å². The lowest BCUT2D eigenvalue weighted by Crippen LogP contribution is -2.49. The van der Waals surface area contributed by atoms with E-state index in [1.807, 2.05) is 53.8 Å². The van der Waals surface area contributed by atoms with Gasteiger partial charge in [0.2, 0.25) is 11.8 Å². The Labute approximate surface area is 209 Å². The molecule has 9 heteroatoms. The summed E-state index contributed by atoms with van der Waals surface area (Å²) in [5, 5.41) is 3.92. The van der Waals surface area contributed by atoms with Crippen molar-refractivity contribution in [2.75, 3.05) is 38.4 Å². The van der Waals surface area contributed by atoms with Crippen LogP contribution in [0.25, 0.3) is 10.9 Å². The summed E-state index contributed by atoms with van der Waals surface area (Å²) in [6, 6.07) is 13.2. The molecule has 0 aliphatic carbocycles. The number of rotatable bonds is 8. The maximum Gasteiger partial charge on any atom is 0.242 e. The third-order valence-corrected chi connectivity index (χ3v) is 6.90. The van der Waals surface area contributed by atoms with Crippen LogP contribution in [0.3, 0.4) is 0 Å². The van der Waals surface area contributed by atoms with E-state index >= 15 is 0 Å². The van der Waals surface area contributed by atoms with Gasteiger partial charge in [0.05, 0.1) is 32.2 Å². The number of nitrogens with one attached hydrogen (secondary N) is 1. The van der Waals surface area contributed by atoms with E-state index in [0.29, 0.717) is 30.3 Å². The zero-order valence-electron chi connectivity index (χ0n) is 20.4. The number of hydrogen-bond donors (Lipinski definition) is 1. The number of nitrogens with zero attached hydrogens (tertiary/aromatic N) is 2. The topological polar surface area (TPSA) is 82.0 Å². The zero-order valence-corrected chi connectivity index (χ0v) is 21.3. The molecule has 1 fully saturated rings. The third-order valence-electron chi connectivity index (χ3n) is 5.86. The summed E-state index contributed by atoms with van der Waals surface area (Å²) in [5.74, 6) is 1.31. The molecule has 1 saturated heterocycles. The lowest BCUT2D eigenvalue weighted by Gasteiger charge is -2.35. The number of anilines is 1. The number of carbonyl (C=O) groups is 2. The van der Waals surface area contributed by atoms with Crippen molar-refractivity contribution in [1.82, 2.24) is 9.47 Å². The Kier molecular flexibility index (Phi) is 7.87. The fourth-order valence-electron chi connectivity index (χ4n) is 4.34. The number of hydrogen-bond acceptors (Lipinski definition) is 6. The number of methoxy groups -OCH3 is 2. The lowest BCUT2D eigenvalue weighted by molar-refractivity contribution is -0.143. The molecule has 2 heterocycles. The van der Waals surface area contributed by atoms with E-state index in [9.17, 15) is 9.59 Å². The number of thioether (sulfide) groups is 1. The van der Waals surface area contributed by atoms with Crippen LogP contribution in [0.5, 0.6) is 11.5 Å². The third kappa shape index (κ3) is 5.91. The van der Waals surface area contributed by atoms with Crippen LogP contribution in [-0.2, 0) is 20.9 Å². The highest BCUT2D eigenvalue weighted by Gasteiger charge is 2.26. The first-order valence-electron chi connectivity index (χ1n) is 11.5. The molecule has 2 aromatic carbocycles. The van der Waals surface area contributed by atoms with Gasteiger partial charge < -0.3 is 29.0 Å². The highest BCUT2D eigenvalue weighted by atomic mass is 32.2. The van der Waals surface area contributed by atoms with E-state index in [0.717, 1.165) is 15.8 Å². The molecule has 2 atom stereocenters. The molecule has 1 aliphatic heterocycles. The van der Waals surface area contributed by atoms with Gasteiger partial charge in [-0.15, -0.1) is 11.8 Å². The van der Waals surface area contributed by atoms with Crippen LogP contribution in [0, 0.1) is 0 Å². The Morgan fingerprint density at radius 1 is 1.06 bits per heavy atom. The van der Waals surface area contributed by atoms with Crippen LogP contribution in [0.15, 0.2) is 53.6 Å². The van der Waals surface area contributed by atoms with Crippen molar-refractivity contribution in [2.24, 2.45) is 0 Å². The summed E-state index contributed by atoms with van der Waals surface area (Å²) in [6.45, 7) is 5.42. The van der Waals surface area contributed by atoms with Crippen LogP contribution in [0.2, 0.25) is 0 Å². The Bertz CT molecular complexity index is 1200. The standard InChI is InChI=1S/C26H31N3O5S/c1-17-12-29(13-18(2)34-17)26(31)15-28-14-24(20-7-5-6-8-21(20)28)35-16-25(30)27-19-9-10-22(32-3)23(11-19)33-4/h5-11,14,17-18H,12-13,15-16H2,1-4H3,(H,27,30). The second kappa shape index (κ2) is 11.0. The SMILES string of the molecule is COc1ccc(NC(=O)CSc2cn(CC(=O)N3CC(C)OC(C)C3)c3ccccc23)cc1OC. The number of morpholine rings is 1. The number of ether oxygens (including phenoxy) is 3. The molecule has 2 amide bonds. The maximum atomic E-state index is 13.0. The van der Waals surface area contributed by atoms with E-state index in [1.54, 1.807) is 32.4 Å². The number of para-hydroxylation sites is 1. The van der Waals surface area contributed by atoms with Gasteiger partial charge in [-0.2, -0.15) is 0 Å².